The second kappa shape index (κ2) is 14.6. The van der Waals surface area contributed by atoms with E-state index in [1.165, 1.54) is 51.0 Å². The van der Waals surface area contributed by atoms with Gasteiger partial charge in [0.25, 0.3) is 0 Å². The van der Waals surface area contributed by atoms with Gasteiger partial charge in [0.05, 0.1) is 12.7 Å². The van der Waals surface area contributed by atoms with Crippen LogP contribution in [0.15, 0.2) is 12.7 Å². The van der Waals surface area contributed by atoms with E-state index in [0.717, 1.165) is 19.4 Å². The zero-order valence-electron chi connectivity index (χ0n) is 13.4. The van der Waals surface area contributed by atoms with Crippen LogP contribution in [0.3, 0.4) is 0 Å². The summed E-state index contributed by atoms with van der Waals surface area (Å²) in [6, 6.07) is 0. The summed E-state index contributed by atoms with van der Waals surface area (Å²) in [5, 5.41) is 0. The predicted octanol–water partition coefficient (Wildman–Crippen LogP) is 4.65. The van der Waals surface area contributed by atoms with E-state index in [1.54, 1.807) is 0 Å². The summed E-state index contributed by atoms with van der Waals surface area (Å²) in [6.07, 6.45) is 12.6. The monoisotopic (exact) mass is 284 g/mol. The summed E-state index contributed by atoms with van der Waals surface area (Å²) in [7, 11) is 0. The zero-order valence-corrected chi connectivity index (χ0v) is 13.4. The molecule has 0 radical (unpaired) electrons. The lowest BCUT2D eigenvalue weighted by atomic mass is 10.1. The van der Waals surface area contributed by atoms with Crippen molar-refractivity contribution in [2.24, 2.45) is 0 Å². The van der Waals surface area contributed by atoms with E-state index in [4.69, 9.17) is 9.47 Å². The molecule has 0 aliphatic carbocycles. The van der Waals surface area contributed by atoms with E-state index in [-0.39, 0.29) is 12.1 Å². The standard InChI is InChI=1S/C17H32O3/c1-4-6-7-8-9-10-11-12-14-19-16(3)13-15-20-17(18)5-2/h5,16H,2,4,6-15H2,1,3H3. The Hall–Kier alpha value is -0.830. The third-order valence-electron chi connectivity index (χ3n) is 3.34. The highest BCUT2D eigenvalue weighted by Crippen LogP contribution is 2.09. The van der Waals surface area contributed by atoms with Gasteiger partial charge in [0, 0.05) is 19.1 Å². The second-order valence-corrected chi connectivity index (χ2v) is 5.32. The molecule has 20 heavy (non-hydrogen) atoms. The molecular formula is C17H32O3. The molecule has 0 aliphatic heterocycles. The van der Waals surface area contributed by atoms with Gasteiger partial charge in [0.1, 0.15) is 0 Å². The van der Waals surface area contributed by atoms with Crippen molar-refractivity contribution in [1.82, 2.24) is 0 Å². The Morgan fingerprint density at radius 3 is 2.25 bits per heavy atom. The highest BCUT2D eigenvalue weighted by Gasteiger charge is 2.03. The number of unbranched alkanes of at least 4 members (excludes halogenated alkanes) is 7. The lowest BCUT2D eigenvalue weighted by Crippen LogP contribution is -2.14. The van der Waals surface area contributed by atoms with Crippen molar-refractivity contribution in [2.45, 2.75) is 77.7 Å². The first kappa shape index (κ1) is 19.2. The zero-order chi connectivity index (χ0) is 15.1. The molecule has 1 atom stereocenters. The van der Waals surface area contributed by atoms with Gasteiger partial charge < -0.3 is 9.47 Å². The smallest absolute Gasteiger partial charge is 0.330 e. The average Bonchev–Trinajstić information content (AvgIpc) is 2.45. The number of carbonyl (C=O) groups is 1. The number of hydrogen-bond donors (Lipinski definition) is 0. The van der Waals surface area contributed by atoms with Crippen molar-refractivity contribution in [3.8, 4) is 0 Å². The summed E-state index contributed by atoms with van der Waals surface area (Å²) in [6.45, 7) is 8.84. The van der Waals surface area contributed by atoms with Crippen LogP contribution in [0.4, 0.5) is 0 Å². The molecule has 0 aromatic heterocycles. The van der Waals surface area contributed by atoms with E-state index in [2.05, 4.69) is 13.5 Å². The third kappa shape index (κ3) is 13.6. The normalized spacial score (nSPS) is 12.1. The van der Waals surface area contributed by atoms with Crippen molar-refractivity contribution in [2.75, 3.05) is 13.2 Å². The number of rotatable bonds is 14. The maximum Gasteiger partial charge on any atom is 0.330 e. The lowest BCUT2D eigenvalue weighted by molar-refractivity contribution is -0.138. The van der Waals surface area contributed by atoms with E-state index in [0.29, 0.717) is 6.61 Å². The first-order valence-electron chi connectivity index (χ1n) is 8.11. The fraction of sp³-hybridized carbons (Fsp3) is 0.824. The van der Waals surface area contributed by atoms with Gasteiger partial charge in [-0.25, -0.2) is 4.79 Å². The molecule has 0 rings (SSSR count). The Morgan fingerprint density at radius 2 is 1.65 bits per heavy atom. The molecule has 1 unspecified atom stereocenters. The fourth-order valence-corrected chi connectivity index (χ4v) is 1.99. The maximum absolute atomic E-state index is 10.8. The summed E-state index contributed by atoms with van der Waals surface area (Å²) in [4.78, 5) is 10.8. The predicted molar refractivity (Wildman–Crippen MR) is 83.8 cm³/mol. The number of hydrogen-bond acceptors (Lipinski definition) is 3. The summed E-state index contributed by atoms with van der Waals surface area (Å²) < 4.78 is 10.6. The first-order valence-corrected chi connectivity index (χ1v) is 8.11. The lowest BCUT2D eigenvalue weighted by Gasteiger charge is -2.12. The topological polar surface area (TPSA) is 35.5 Å². The molecule has 0 aliphatic rings. The first-order chi connectivity index (χ1) is 9.70. The molecule has 0 aromatic rings. The Bertz CT molecular complexity index is 238. The van der Waals surface area contributed by atoms with Crippen molar-refractivity contribution in [1.29, 1.82) is 0 Å². The molecule has 3 nitrogen and oxygen atoms in total. The van der Waals surface area contributed by atoms with Crippen LogP contribution < -0.4 is 0 Å². The Morgan fingerprint density at radius 1 is 1.05 bits per heavy atom. The van der Waals surface area contributed by atoms with Crippen molar-refractivity contribution in [3.63, 3.8) is 0 Å². The van der Waals surface area contributed by atoms with Gasteiger partial charge in [-0.3, -0.25) is 0 Å². The average molecular weight is 284 g/mol. The largest absolute Gasteiger partial charge is 0.462 e. The molecule has 0 fully saturated rings. The van der Waals surface area contributed by atoms with Gasteiger partial charge in [0.2, 0.25) is 0 Å². The molecule has 0 bridgehead atoms. The van der Waals surface area contributed by atoms with Crippen LogP contribution >= 0.6 is 0 Å². The van der Waals surface area contributed by atoms with Crippen LogP contribution in [-0.2, 0) is 14.3 Å². The van der Waals surface area contributed by atoms with Crippen LogP contribution in [0.2, 0.25) is 0 Å². The van der Waals surface area contributed by atoms with Crippen molar-refractivity contribution in [3.05, 3.63) is 12.7 Å². The molecular weight excluding hydrogens is 252 g/mol. The van der Waals surface area contributed by atoms with E-state index >= 15 is 0 Å². The Kier molecular flexibility index (Phi) is 14.0. The van der Waals surface area contributed by atoms with Crippen LogP contribution in [0, 0.1) is 0 Å². The number of esters is 1. The van der Waals surface area contributed by atoms with E-state index in [1.807, 2.05) is 6.92 Å². The molecule has 0 heterocycles. The van der Waals surface area contributed by atoms with Gasteiger partial charge in [-0.2, -0.15) is 0 Å². The number of ether oxygens (including phenoxy) is 2. The van der Waals surface area contributed by atoms with Gasteiger partial charge in [-0.1, -0.05) is 58.4 Å². The molecule has 118 valence electrons. The molecule has 0 spiro atoms. The van der Waals surface area contributed by atoms with E-state index in [9.17, 15) is 4.79 Å². The van der Waals surface area contributed by atoms with Gasteiger partial charge >= 0.3 is 5.97 Å². The quantitative estimate of drug-likeness (QED) is 0.264. The molecule has 3 heteroatoms. The summed E-state index contributed by atoms with van der Waals surface area (Å²) in [5.41, 5.74) is 0. The second-order valence-electron chi connectivity index (χ2n) is 5.32. The molecule has 0 amide bonds. The Labute approximate surface area is 124 Å². The van der Waals surface area contributed by atoms with E-state index < -0.39 is 0 Å². The van der Waals surface area contributed by atoms with Crippen LogP contribution in [0.1, 0.15) is 71.6 Å². The molecule has 0 saturated heterocycles. The highest BCUT2D eigenvalue weighted by molar-refractivity contribution is 5.81. The minimum atomic E-state index is -0.361. The van der Waals surface area contributed by atoms with Crippen LogP contribution in [0.5, 0.6) is 0 Å². The highest BCUT2D eigenvalue weighted by atomic mass is 16.5. The van der Waals surface area contributed by atoms with Crippen LogP contribution in [-0.4, -0.2) is 25.3 Å². The number of carbonyl (C=O) groups excluding carboxylic acids is 1. The van der Waals surface area contributed by atoms with Gasteiger partial charge in [-0.15, -0.1) is 0 Å². The third-order valence-corrected chi connectivity index (χ3v) is 3.34. The van der Waals surface area contributed by atoms with Crippen LogP contribution in [0.25, 0.3) is 0 Å². The molecule has 0 aromatic carbocycles. The summed E-state index contributed by atoms with van der Waals surface area (Å²) in [5.74, 6) is -0.361. The maximum atomic E-state index is 10.8. The van der Waals surface area contributed by atoms with Gasteiger partial charge in [-0.05, 0) is 13.3 Å². The van der Waals surface area contributed by atoms with Crippen molar-refractivity contribution >= 4 is 5.97 Å². The minimum absolute atomic E-state index is 0.150. The fourth-order valence-electron chi connectivity index (χ4n) is 1.99. The molecule has 0 saturated carbocycles. The molecule has 0 N–H and O–H groups in total. The SMILES string of the molecule is C=CC(=O)OCCC(C)OCCCCCCCCCC. The minimum Gasteiger partial charge on any atom is -0.462 e. The summed E-state index contributed by atoms with van der Waals surface area (Å²) >= 11 is 0. The van der Waals surface area contributed by atoms with Crippen molar-refractivity contribution < 1.29 is 14.3 Å². The van der Waals surface area contributed by atoms with Gasteiger partial charge in [0.15, 0.2) is 0 Å². The Balaban J connectivity index is 3.20.